The molecular formula is C38H49ClN4O7S2. The van der Waals surface area contributed by atoms with E-state index < -0.39 is 23.8 Å². The molecule has 4 unspecified atom stereocenters. The van der Waals surface area contributed by atoms with E-state index in [1.807, 2.05) is 36.0 Å². The second kappa shape index (κ2) is 17.5. The topological polar surface area (TPSA) is 160 Å². The Kier molecular flexibility index (Phi) is 13.1. The van der Waals surface area contributed by atoms with Crippen molar-refractivity contribution in [1.29, 1.82) is 0 Å². The highest BCUT2D eigenvalue weighted by Crippen LogP contribution is 2.39. The molecule has 1 aromatic carbocycles. The quantitative estimate of drug-likeness (QED) is 0.129. The number of aliphatic hydroxyl groups excluding tert-OH is 2. The van der Waals surface area contributed by atoms with Crippen LogP contribution in [-0.4, -0.2) is 88.5 Å². The summed E-state index contributed by atoms with van der Waals surface area (Å²) in [4.78, 5) is 41.3. The molecule has 0 radical (unpaired) electrons. The lowest BCUT2D eigenvalue weighted by atomic mass is 9.68. The van der Waals surface area contributed by atoms with E-state index in [0.29, 0.717) is 85.0 Å². The van der Waals surface area contributed by atoms with Crippen LogP contribution in [0.4, 0.5) is 5.69 Å². The first-order valence-corrected chi connectivity index (χ1v) is 20.3. The van der Waals surface area contributed by atoms with Crippen LogP contribution in [0.3, 0.4) is 0 Å². The number of anilines is 1. The zero-order valence-electron chi connectivity index (χ0n) is 29.3. The Bertz CT molecular complexity index is 1620. The molecule has 1 saturated heterocycles. The Hall–Kier alpha value is -2.88. The van der Waals surface area contributed by atoms with E-state index in [1.54, 1.807) is 24.3 Å². The van der Waals surface area contributed by atoms with Gasteiger partial charge in [-0.05, 0) is 104 Å². The highest BCUT2D eigenvalue weighted by Gasteiger charge is 2.46. The normalized spacial score (nSPS) is 25.6. The predicted molar refractivity (Wildman–Crippen MR) is 202 cm³/mol. The van der Waals surface area contributed by atoms with E-state index in [-0.39, 0.29) is 41.8 Å². The van der Waals surface area contributed by atoms with Gasteiger partial charge < -0.3 is 40.9 Å². The molecule has 14 heteroatoms. The Morgan fingerprint density at radius 3 is 2.42 bits per heavy atom. The summed E-state index contributed by atoms with van der Waals surface area (Å²) in [5.74, 6) is -0.751. The highest BCUT2D eigenvalue weighted by atomic mass is 35.5. The van der Waals surface area contributed by atoms with E-state index >= 15 is 0 Å². The van der Waals surface area contributed by atoms with Gasteiger partial charge in [-0.15, -0.1) is 22.7 Å². The number of amides is 2. The number of hydrogen-bond acceptors (Lipinski definition) is 11. The van der Waals surface area contributed by atoms with Gasteiger partial charge in [-0.3, -0.25) is 9.59 Å². The van der Waals surface area contributed by atoms with Crippen molar-refractivity contribution in [2.24, 2.45) is 11.8 Å². The van der Waals surface area contributed by atoms with Gasteiger partial charge in [-0.1, -0.05) is 29.8 Å². The summed E-state index contributed by atoms with van der Waals surface area (Å²) in [6.07, 6.45) is 4.20. The van der Waals surface area contributed by atoms with E-state index in [4.69, 9.17) is 16.3 Å². The Morgan fingerprint density at radius 2 is 1.77 bits per heavy atom. The average Bonchev–Trinajstić information content (AvgIpc) is 3.89. The molecule has 3 aliphatic rings. The van der Waals surface area contributed by atoms with Crippen LogP contribution in [0.2, 0.25) is 5.02 Å². The molecule has 3 aromatic rings. The minimum absolute atomic E-state index is 0.00247. The molecule has 1 aliphatic heterocycles. The average molecular weight is 773 g/mol. The standard InChI is InChI=1S/C38H49ClN4O7S2/c1-43(24-7-9-25(10-8-24)50-37(48)38(49,32-4-2-18-51-32)33-5-3-19-52-33)17-16-35(47)41-29-13-6-23(20-28(29)39)21-40-22-31(45)26-11-14-30(44)36-27(26)12-15-34(46)42-36/h2-6,13,18-20,24-27,30-31,36,40,44-45,49H,7-12,14-17,21-22H2,1H3,(H,41,47)(H,42,46)/t24?,25?,26?,27?,30?,31-,36?/m0/s1. The van der Waals surface area contributed by atoms with E-state index in [1.165, 1.54) is 22.7 Å². The minimum atomic E-state index is -1.81. The number of nitrogens with zero attached hydrogens (tertiary/aromatic N) is 1. The fraction of sp³-hybridized carbons (Fsp3) is 0.553. The second-order valence-electron chi connectivity index (χ2n) is 14.4. The van der Waals surface area contributed by atoms with Gasteiger partial charge in [0.1, 0.15) is 6.10 Å². The van der Waals surface area contributed by atoms with Crippen LogP contribution in [0.1, 0.15) is 73.1 Å². The van der Waals surface area contributed by atoms with Crippen molar-refractivity contribution in [2.45, 2.75) is 100 Å². The molecule has 0 spiro atoms. The number of ether oxygens (including phenoxy) is 1. The molecular weight excluding hydrogens is 724 g/mol. The lowest BCUT2D eigenvalue weighted by molar-refractivity contribution is -0.169. The summed E-state index contributed by atoms with van der Waals surface area (Å²) in [6.45, 7) is 1.43. The fourth-order valence-electron chi connectivity index (χ4n) is 8.03. The number of halogens is 1. The van der Waals surface area contributed by atoms with Crippen molar-refractivity contribution in [2.75, 3.05) is 25.5 Å². The van der Waals surface area contributed by atoms with Crippen molar-refractivity contribution >= 4 is 57.7 Å². The molecule has 3 heterocycles. The van der Waals surface area contributed by atoms with Crippen LogP contribution < -0.4 is 16.0 Å². The van der Waals surface area contributed by atoms with Gasteiger partial charge in [0, 0.05) is 38.5 Å². The predicted octanol–water partition coefficient (Wildman–Crippen LogP) is 4.63. The summed E-state index contributed by atoms with van der Waals surface area (Å²) in [7, 11) is 2.01. The van der Waals surface area contributed by atoms with Crippen LogP contribution in [0, 0.1) is 11.8 Å². The Labute approximate surface area is 317 Å². The first-order valence-electron chi connectivity index (χ1n) is 18.2. The molecule has 6 N–H and O–H groups in total. The van der Waals surface area contributed by atoms with Crippen molar-refractivity contribution < 1.29 is 34.4 Å². The first-order chi connectivity index (χ1) is 25.0. The molecule has 3 fully saturated rings. The second-order valence-corrected chi connectivity index (χ2v) is 16.7. The summed E-state index contributed by atoms with van der Waals surface area (Å²) in [6, 6.07) is 12.6. The first kappa shape index (κ1) is 38.8. The minimum Gasteiger partial charge on any atom is -0.460 e. The van der Waals surface area contributed by atoms with Gasteiger partial charge in [-0.2, -0.15) is 0 Å². The monoisotopic (exact) mass is 772 g/mol. The van der Waals surface area contributed by atoms with Crippen LogP contribution in [0.25, 0.3) is 0 Å². The molecule has 2 amide bonds. The number of fused-ring (bicyclic) bond motifs is 1. The van der Waals surface area contributed by atoms with Crippen LogP contribution in [-0.2, 0) is 31.3 Å². The van der Waals surface area contributed by atoms with Gasteiger partial charge in [0.2, 0.25) is 17.4 Å². The molecule has 2 saturated carbocycles. The maximum Gasteiger partial charge on any atom is 0.349 e. The van der Waals surface area contributed by atoms with Gasteiger partial charge in [0.15, 0.2) is 0 Å². The lowest BCUT2D eigenvalue weighted by Crippen LogP contribution is -2.58. The number of carbonyl (C=O) groups is 3. The van der Waals surface area contributed by atoms with Crippen LogP contribution >= 0.6 is 34.3 Å². The van der Waals surface area contributed by atoms with Crippen molar-refractivity contribution in [3.63, 3.8) is 0 Å². The summed E-state index contributed by atoms with van der Waals surface area (Å²) in [5.41, 5.74) is -0.353. The smallest absolute Gasteiger partial charge is 0.349 e. The number of aliphatic hydroxyl groups is 3. The third-order valence-corrected chi connectivity index (χ3v) is 13.3. The number of rotatable bonds is 14. The maximum absolute atomic E-state index is 13.3. The summed E-state index contributed by atoms with van der Waals surface area (Å²) < 4.78 is 5.89. The lowest BCUT2D eigenvalue weighted by Gasteiger charge is -2.45. The Balaban J connectivity index is 0.903. The van der Waals surface area contributed by atoms with Gasteiger partial charge in [-0.25, -0.2) is 4.79 Å². The van der Waals surface area contributed by atoms with Gasteiger partial charge in [0.25, 0.3) is 0 Å². The SMILES string of the molecule is CN(CCC(=O)Nc1ccc(CNC[C@H](O)C2CCC(O)C3NC(=O)CCC32)cc1Cl)C1CCC(OC(=O)C(O)(c2cccs2)c2cccs2)CC1. The third-order valence-electron chi connectivity index (χ3n) is 11.0. The van der Waals surface area contributed by atoms with E-state index in [9.17, 15) is 29.7 Å². The summed E-state index contributed by atoms with van der Waals surface area (Å²) >= 11 is 9.20. The molecule has 5 atom stereocenters. The van der Waals surface area contributed by atoms with Crippen LogP contribution in [0.5, 0.6) is 0 Å². The molecule has 2 aliphatic carbocycles. The maximum atomic E-state index is 13.3. The number of carbonyl (C=O) groups excluding carboxylic acids is 3. The molecule has 52 heavy (non-hydrogen) atoms. The molecule has 6 rings (SSSR count). The molecule has 282 valence electrons. The highest BCUT2D eigenvalue weighted by molar-refractivity contribution is 7.12. The number of hydrogen-bond donors (Lipinski definition) is 6. The molecule has 2 aromatic heterocycles. The number of piperidine rings is 1. The zero-order chi connectivity index (χ0) is 36.8. The zero-order valence-corrected chi connectivity index (χ0v) is 31.7. The largest absolute Gasteiger partial charge is 0.460 e. The number of nitrogens with one attached hydrogen (secondary N) is 3. The van der Waals surface area contributed by atoms with Crippen molar-refractivity contribution in [1.82, 2.24) is 15.5 Å². The van der Waals surface area contributed by atoms with Crippen LogP contribution in [0.15, 0.2) is 53.2 Å². The van der Waals surface area contributed by atoms with E-state index in [2.05, 4.69) is 20.9 Å². The molecule has 0 bridgehead atoms. The van der Waals surface area contributed by atoms with Crippen molar-refractivity contribution in [3.05, 3.63) is 73.6 Å². The molecule has 11 nitrogen and oxygen atoms in total. The Morgan fingerprint density at radius 1 is 1.06 bits per heavy atom. The van der Waals surface area contributed by atoms with Crippen molar-refractivity contribution in [3.8, 4) is 0 Å². The fourth-order valence-corrected chi connectivity index (χ4v) is 9.99. The summed E-state index contributed by atoms with van der Waals surface area (Å²) in [5, 5.41) is 46.1. The van der Waals surface area contributed by atoms with Gasteiger partial charge >= 0.3 is 5.97 Å². The third kappa shape index (κ3) is 9.07. The van der Waals surface area contributed by atoms with E-state index in [0.717, 1.165) is 18.4 Å². The van der Waals surface area contributed by atoms with Gasteiger partial charge in [0.05, 0.1) is 38.7 Å². The number of benzene rings is 1. The number of thiophene rings is 2. The number of esters is 1.